The van der Waals surface area contributed by atoms with E-state index in [1.54, 1.807) is 0 Å². The van der Waals surface area contributed by atoms with E-state index >= 15 is 0 Å². The number of hydrogen-bond acceptors (Lipinski definition) is 4. The average molecular weight is 414 g/mol. The van der Waals surface area contributed by atoms with E-state index in [0.717, 1.165) is 12.1 Å². The second-order valence-electron chi connectivity index (χ2n) is 7.14. The fourth-order valence-electron chi connectivity index (χ4n) is 1.42. The molecule has 0 radical (unpaired) electrons. The second kappa shape index (κ2) is 7.30. The van der Waals surface area contributed by atoms with Gasteiger partial charge in [-0.05, 0) is 48.1 Å². The summed E-state index contributed by atoms with van der Waals surface area (Å²) in [5.74, 6) is -6.19. The first-order valence-electron chi connectivity index (χ1n) is 7.49. The summed E-state index contributed by atoms with van der Waals surface area (Å²) in [6.07, 6.45) is -5.98. The summed E-state index contributed by atoms with van der Waals surface area (Å²) >= 11 is -0.273. The summed E-state index contributed by atoms with van der Waals surface area (Å²) in [5, 5.41) is -2.63. The van der Waals surface area contributed by atoms with E-state index in [0.29, 0.717) is 0 Å². The van der Waals surface area contributed by atoms with Crippen LogP contribution in [0.15, 0.2) is 29.2 Å². The van der Waals surface area contributed by atoms with Crippen LogP contribution in [0.4, 0.5) is 22.0 Å². The van der Waals surface area contributed by atoms with Crippen LogP contribution in [0.1, 0.15) is 31.1 Å². The lowest BCUT2D eigenvalue weighted by atomic mass is 10.2. The lowest BCUT2D eigenvalue weighted by Crippen LogP contribution is -2.42. The molecule has 26 heavy (non-hydrogen) atoms. The summed E-state index contributed by atoms with van der Waals surface area (Å²) in [7, 11) is -2.45. The fourth-order valence-corrected chi connectivity index (χ4v) is 3.10. The molecule has 1 rings (SSSR count). The van der Waals surface area contributed by atoms with Gasteiger partial charge in [0.1, 0.15) is 0 Å². The third-order valence-corrected chi connectivity index (χ3v) is 9.29. The Morgan fingerprint density at radius 3 is 2.04 bits per heavy atom. The number of rotatable bonds is 4. The van der Waals surface area contributed by atoms with Crippen LogP contribution in [0, 0.1) is 0 Å². The van der Waals surface area contributed by atoms with Gasteiger partial charge in [0.15, 0.2) is 0 Å². The van der Waals surface area contributed by atoms with E-state index in [4.69, 9.17) is 4.43 Å². The zero-order valence-corrected chi connectivity index (χ0v) is 16.6. The summed E-state index contributed by atoms with van der Waals surface area (Å²) in [4.78, 5) is 23.4. The van der Waals surface area contributed by atoms with Crippen LogP contribution >= 0.6 is 11.8 Å². The van der Waals surface area contributed by atoms with Gasteiger partial charge in [-0.2, -0.15) is 22.0 Å². The number of halogens is 5. The topological polar surface area (TPSA) is 43.4 Å². The quantitative estimate of drug-likeness (QED) is 0.362. The third-order valence-electron chi connectivity index (χ3n) is 4.05. The number of hydrogen-bond donors (Lipinski definition) is 0. The van der Waals surface area contributed by atoms with E-state index in [1.165, 1.54) is 12.1 Å². The molecule has 1 aromatic rings. The van der Waals surface area contributed by atoms with E-state index in [2.05, 4.69) is 0 Å². The van der Waals surface area contributed by atoms with Crippen molar-refractivity contribution in [2.75, 3.05) is 0 Å². The molecular formula is C16H19F5O3SSi. The van der Waals surface area contributed by atoms with E-state index in [-0.39, 0.29) is 27.3 Å². The molecule has 1 aromatic carbocycles. The summed E-state index contributed by atoms with van der Waals surface area (Å²) < 4.78 is 68.3. The molecule has 0 bridgehead atoms. The van der Waals surface area contributed by atoms with Crippen molar-refractivity contribution >= 4 is 31.2 Å². The monoisotopic (exact) mass is 414 g/mol. The van der Waals surface area contributed by atoms with Crippen molar-refractivity contribution in [1.29, 1.82) is 0 Å². The minimum absolute atomic E-state index is 0.0250. The van der Waals surface area contributed by atoms with Gasteiger partial charge in [-0.3, -0.25) is 4.79 Å². The molecule has 146 valence electrons. The highest BCUT2D eigenvalue weighted by Crippen LogP contribution is 2.41. The van der Waals surface area contributed by atoms with Gasteiger partial charge < -0.3 is 4.43 Å². The number of carbonyl (C=O) groups is 2. The molecule has 0 atom stereocenters. The molecular weight excluding hydrogens is 395 g/mol. The van der Waals surface area contributed by atoms with Crippen molar-refractivity contribution in [3.8, 4) is 0 Å². The zero-order valence-electron chi connectivity index (χ0n) is 14.8. The Morgan fingerprint density at radius 1 is 1.04 bits per heavy atom. The fraction of sp³-hybridized carbons (Fsp3) is 0.500. The maximum atomic E-state index is 13.0. The molecule has 0 N–H and O–H groups in total. The molecule has 0 saturated carbocycles. The van der Waals surface area contributed by atoms with Gasteiger partial charge in [0.05, 0.1) is 5.56 Å². The first-order chi connectivity index (χ1) is 11.5. The smallest absolute Gasteiger partial charge is 0.462 e. The van der Waals surface area contributed by atoms with Crippen LogP contribution in [0.2, 0.25) is 18.1 Å². The molecule has 0 aromatic heterocycles. The highest BCUT2D eigenvalue weighted by atomic mass is 32.2. The molecule has 0 aliphatic carbocycles. The second-order valence-corrected chi connectivity index (χ2v) is 12.9. The summed E-state index contributed by atoms with van der Waals surface area (Å²) in [6.45, 7) is 9.40. The van der Waals surface area contributed by atoms with Crippen molar-refractivity contribution in [3.05, 3.63) is 29.8 Å². The van der Waals surface area contributed by atoms with Gasteiger partial charge in [-0.15, -0.1) is 0 Å². The Bertz CT molecular complexity index is 696. The maximum absolute atomic E-state index is 13.0. The third kappa shape index (κ3) is 5.06. The molecule has 0 amide bonds. The van der Waals surface area contributed by atoms with Crippen molar-refractivity contribution in [3.63, 3.8) is 0 Å². The molecule has 0 aliphatic heterocycles. The maximum Gasteiger partial charge on any atom is 0.462 e. The van der Waals surface area contributed by atoms with Crippen LogP contribution < -0.4 is 0 Å². The predicted molar refractivity (Wildman–Crippen MR) is 90.9 cm³/mol. The first kappa shape index (κ1) is 22.6. The molecule has 10 heteroatoms. The van der Waals surface area contributed by atoms with Gasteiger partial charge in [-0.25, -0.2) is 4.79 Å². The van der Waals surface area contributed by atoms with Gasteiger partial charge in [-0.1, -0.05) is 26.8 Å². The van der Waals surface area contributed by atoms with Gasteiger partial charge in [0.2, 0.25) is 0 Å². The Hall–Kier alpha value is -1.42. The minimum atomic E-state index is -5.98. The van der Waals surface area contributed by atoms with Crippen LogP contribution in [0.5, 0.6) is 0 Å². The van der Waals surface area contributed by atoms with E-state index < -0.39 is 31.5 Å². The Balaban J connectivity index is 2.99. The van der Waals surface area contributed by atoms with Gasteiger partial charge in [0.25, 0.3) is 13.4 Å². The molecule has 0 heterocycles. The summed E-state index contributed by atoms with van der Waals surface area (Å²) in [5.41, 5.74) is -0.0250. The van der Waals surface area contributed by atoms with Crippen LogP contribution in [-0.2, 0) is 9.22 Å². The number of benzene rings is 1. The Labute approximate surface area is 153 Å². The predicted octanol–water partition coefficient (Wildman–Crippen LogP) is 5.66. The van der Waals surface area contributed by atoms with Crippen molar-refractivity contribution in [1.82, 2.24) is 0 Å². The average Bonchev–Trinajstić information content (AvgIpc) is 2.44. The molecule has 0 fully saturated rings. The number of alkyl halides is 5. The van der Waals surface area contributed by atoms with Crippen LogP contribution in [0.3, 0.4) is 0 Å². The molecule has 0 spiro atoms. The standard InChI is InChI=1S/C16H19F5O3SSi/c1-14(2,3)26(4,5)24-12(22)10-7-6-8-11(9-10)25-13(23)15(17,18)16(19,20)21/h6-9H,1-5H3. The minimum Gasteiger partial charge on any atom is -0.516 e. The molecule has 0 unspecified atom stereocenters. The van der Waals surface area contributed by atoms with Gasteiger partial charge in [0, 0.05) is 4.90 Å². The van der Waals surface area contributed by atoms with Crippen LogP contribution in [0.25, 0.3) is 0 Å². The van der Waals surface area contributed by atoms with Crippen molar-refractivity contribution in [2.24, 2.45) is 0 Å². The largest absolute Gasteiger partial charge is 0.516 e. The van der Waals surface area contributed by atoms with E-state index in [9.17, 15) is 31.5 Å². The molecule has 0 saturated heterocycles. The Kier molecular flexibility index (Phi) is 6.35. The highest BCUT2D eigenvalue weighted by Gasteiger charge is 2.63. The van der Waals surface area contributed by atoms with Crippen molar-refractivity contribution in [2.45, 2.75) is 55.9 Å². The lowest BCUT2D eigenvalue weighted by Gasteiger charge is -2.35. The Morgan fingerprint density at radius 2 is 1.58 bits per heavy atom. The van der Waals surface area contributed by atoms with Gasteiger partial charge >= 0.3 is 18.1 Å². The lowest BCUT2D eigenvalue weighted by molar-refractivity contribution is -0.264. The molecule has 0 aliphatic rings. The van der Waals surface area contributed by atoms with Crippen molar-refractivity contribution < 1.29 is 36.0 Å². The normalized spacial score (nSPS) is 13.5. The SMILES string of the molecule is CC(C)(C)[Si](C)(C)OC(=O)c1cccc(SC(=O)C(F)(F)C(F)(F)F)c1. The number of thioether (sulfide) groups is 1. The number of carbonyl (C=O) groups excluding carboxylic acids is 2. The first-order valence-corrected chi connectivity index (χ1v) is 11.2. The van der Waals surface area contributed by atoms with Crippen LogP contribution in [-0.4, -0.2) is 31.5 Å². The molecule has 3 nitrogen and oxygen atoms in total. The van der Waals surface area contributed by atoms with E-state index in [1.807, 2.05) is 33.9 Å². The highest BCUT2D eigenvalue weighted by molar-refractivity contribution is 8.13. The summed E-state index contributed by atoms with van der Waals surface area (Å²) in [6, 6.07) is 4.85. The zero-order chi connectivity index (χ0) is 20.6.